The zero-order valence-corrected chi connectivity index (χ0v) is 15.3. The molecule has 0 spiro atoms. The third-order valence-electron chi connectivity index (χ3n) is 2.97. The van der Waals surface area contributed by atoms with Crippen molar-refractivity contribution in [1.82, 2.24) is 10.6 Å². The van der Waals surface area contributed by atoms with Crippen molar-refractivity contribution in [2.24, 2.45) is 0 Å². The van der Waals surface area contributed by atoms with Gasteiger partial charge in [0.2, 0.25) is 11.8 Å². The number of ether oxygens (including phenoxy) is 1. The van der Waals surface area contributed by atoms with Gasteiger partial charge in [0.05, 0.1) is 6.54 Å². The molecule has 0 bridgehead atoms. The first-order valence-corrected chi connectivity index (χ1v) is 7.86. The molecule has 0 saturated carbocycles. The zero-order chi connectivity index (χ0) is 19.0. The Morgan fingerprint density at radius 3 is 2.36 bits per heavy atom. The number of methoxy groups -OCH3 is 1. The number of hydrogen-bond acceptors (Lipinski definition) is 4. The van der Waals surface area contributed by atoms with Crippen LogP contribution in [0.25, 0.3) is 0 Å². The van der Waals surface area contributed by atoms with Gasteiger partial charge in [0.15, 0.2) is 0 Å². The average molecular weight is 350 g/mol. The summed E-state index contributed by atoms with van der Waals surface area (Å²) in [5, 5.41) is 10.6. The summed E-state index contributed by atoms with van der Waals surface area (Å²) in [5.74, 6) is -0.569. The summed E-state index contributed by atoms with van der Waals surface area (Å²) in [6.07, 6.45) is 0. The molecule has 0 atom stereocenters. The van der Waals surface area contributed by atoms with E-state index in [9.17, 15) is 14.4 Å². The number of carbonyl (C=O) groups is 3. The first-order valence-electron chi connectivity index (χ1n) is 7.86. The van der Waals surface area contributed by atoms with Gasteiger partial charge >= 0.3 is 6.03 Å². The van der Waals surface area contributed by atoms with Crippen LogP contribution in [0.5, 0.6) is 0 Å². The van der Waals surface area contributed by atoms with E-state index in [2.05, 4.69) is 21.3 Å². The molecule has 0 aromatic heterocycles. The number of nitrogens with one attached hydrogen (secondary N) is 4. The zero-order valence-electron chi connectivity index (χ0n) is 15.3. The van der Waals surface area contributed by atoms with Crippen molar-refractivity contribution in [3.8, 4) is 0 Å². The van der Waals surface area contributed by atoms with Crippen molar-refractivity contribution in [3.63, 3.8) is 0 Å². The van der Waals surface area contributed by atoms with Gasteiger partial charge in [0.1, 0.15) is 6.61 Å². The monoisotopic (exact) mass is 350 g/mol. The number of benzene rings is 1. The normalized spacial score (nSPS) is 10.8. The molecule has 1 aromatic carbocycles. The molecule has 0 fully saturated rings. The lowest BCUT2D eigenvalue weighted by Crippen LogP contribution is -2.46. The third kappa shape index (κ3) is 8.16. The second kappa shape index (κ2) is 9.03. The largest absolute Gasteiger partial charge is 0.375 e. The fraction of sp³-hybridized carbons (Fsp3) is 0.471. The average Bonchev–Trinajstić information content (AvgIpc) is 2.47. The first kappa shape index (κ1) is 20.4. The Bertz CT molecular complexity index is 638. The molecule has 0 radical (unpaired) electrons. The van der Waals surface area contributed by atoms with Crippen LogP contribution in [-0.4, -0.2) is 43.6 Å². The Kier molecular flexibility index (Phi) is 7.38. The standard InChI is InChI=1S/C17H26N4O4/c1-11-6-7-12(19-15(23)10-25-5)8-13(11)20-16(24)18-9-14(22)21-17(2,3)4/h6-8H,9-10H2,1-5H3,(H,19,23)(H,21,22)(H2,18,20,24). The molecule has 0 unspecified atom stereocenters. The van der Waals surface area contributed by atoms with Crippen LogP contribution in [0.4, 0.5) is 16.2 Å². The molecule has 0 aliphatic heterocycles. The fourth-order valence-electron chi connectivity index (χ4n) is 1.95. The summed E-state index contributed by atoms with van der Waals surface area (Å²) in [6, 6.07) is 4.62. The molecule has 8 heteroatoms. The highest BCUT2D eigenvalue weighted by molar-refractivity contribution is 5.95. The van der Waals surface area contributed by atoms with Gasteiger partial charge in [-0.2, -0.15) is 0 Å². The van der Waals surface area contributed by atoms with Crippen LogP contribution >= 0.6 is 0 Å². The van der Waals surface area contributed by atoms with E-state index in [0.717, 1.165) is 5.56 Å². The minimum absolute atomic E-state index is 0.0555. The number of carbonyl (C=O) groups excluding carboxylic acids is 3. The smallest absolute Gasteiger partial charge is 0.319 e. The van der Waals surface area contributed by atoms with Gasteiger partial charge in [-0.15, -0.1) is 0 Å². The van der Waals surface area contributed by atoms with E-state index in [1.165, 1.54) is 7.11 Å². The Morgan fingerprint density at radius 1 is 1.08 bits per heavy atom. The van der Waals surface area contributed by atoms with E-state index in [-0.39, 0.29) is 30.5 Å². The molecule has 138 valence electrons. The summed E-state index contributed by atoms with van der Waals surface area (Å²) < 4.78 is 4.75. The maximum absolute atomic E-state index is 12.0. The highest BCUT2D eigenvalue weighted by Crippen LogP contribution is 2.20. The maximum Gasteiger partial charge on any atom is 0.319 e. The Balaban J connectivity index is 2.61. The van der Waals surface area contributed by atoms with Crippen LogP contribution < -0.4 is 21.3 Å². The second-order valence-electron chi connectivity index (χ2n) is 6.62. The molecule has 1 rings (SSSR count). The summed E-state index contributed by atoms with van der Waals surface area (Å²) >= 11 is 0. The summed E-state index contributed by atoms with van der Waals surface area (Å²) in [4.78, 5) is 35.2. The SMILES string of the molecule is COCC(=O)Nc1ccc(C)c(NC(=O)NCC(=O)NC(C)(C)C)c1. The van der Waals surface area contributed by atoms with Gasteiger partial charge in [-0.1, -0.05) is 6.07 Å². The van der Waals surface area contributed by atoms with Crippen molar-refractivity contribution in [2.45, 2.75) is 33.2 Å². The minimum atomic E-state index is -0.507. The topological polar surface area (TPSA) is 109 Å². The predicted octanol–water partition coefficient (Wildman–Crippen LogP) is 1.62. The number of rotatable bonds is 6. The molecule has 0 heterocycles. The van der Waals surface area contributed by atoms with Gasteiger partial charge in [-0.3, -0.25) is 9.59 Å². The van der Waals surface area contributed by atoms with Crippen LogP contribution in [0.15, 0.2) is 18.2 Å². The number of hydrogen-bond donors (Lipinski definition) is 4. The summed E-state index contributed by atoms with van der Waals surface area (Å²) in [6.45, 7) is 7.21. The Labute approximate surface area is 147 Å². The molecule has 25 heavy (non-hydrogen) atoms. The van der Waals surface area contributed by atoms with Crippen LogP contribution in [0.1, 0.15) is 26.3 Å². The summed E-state index contributed by atoms with van der Waals surface area (Å²) in [7, 11) is 1.43. The molecule has 0 saturated heterocycles. The molecule has 0 aliphatic carbocycles. The fourth-order valence-corrected chi connectivity index (χ4v) is 1.95. The van der Waals surface area contributed by atoms with Gasteiger partial charge in [-0.05, 0) is 45.4 Å². The predicted molar refractivity (Wildman–Crippen MR) is 96.6 cm³/mol. The third-order valence-corrected chi connectivity index (χ3v) is 2.97. The van der Waals surface area contributed by atoms with Crippen LogP contribution in [0, 0.1) is 6.92 Å². The van der Waals surface area contributed by atoms with Crippen LogP contribution in [-0.2, 0) is 14.3 Å². The van der Waals surface area contributed by atoms with Crippen LogP contribution in [0.2, 0.25) is 0 Å². The molecule has 4 amide bonds. The molecular formula is C17H26N4O4. The lowest BCUT2D eigenvalue weighted by molar-refractivity contribution is -0.121. The number of aryl methyl sites for hydroxylation is 1. The van der Waals surface area contributed by atoms with E-state index in [1.807, 2.05) is 27.7 Å². The summed E-state index contributed by atoms with van der Waals surface area (Å²) in [5.41, 5.74) is 1.53. The van der Waals surface area contributed by atoms with Crippen molar-refractivity contribution in [2.75, 3.05) is 30.9 Å². The van der Waals surface area contributed by atoms with Gasteiger partial charge in [-0.25, -0.2) is 4.79 Å². The number of urea groups is 1. The molecular weight excluding hydrogens is 324 g/mol. The molecule has 1 aromatic rings. The lowest BCUT2D eigenvalue weighted by atomic mass is 10.1. The van der Waals surface area contributed by atoms with Gasteiger partial charge in [0, 0.05) is 24.0 Å². The number of amides is 4. The highest BCUT2D eigenvalue weighted by atomic mass is 16.5. The van der Waals surface area contributed by atoms with E-state index < -0.39 is 6.03 Å². The first-order chi connectivity index (χ1) is 11.6. The number of anilines is 2. The van der Waals surface area contributed by atoms with Crippen molar-refractivity contribution >= 4 is 29.2 Å². The van der Waals surface area contributed by atoms with E-state index in [4.69, 9.17) is 4.74 Å². The molecule has 0 aliphatic rings. The highest BCUT2D eigenvalue weighted by Gasteiger charge is 2.14. The van der Waals surface area contributed by atoms with Crippen molar-refractivity contribution in [3.05, 3.63) is 23.8 Å². The van der Waals surface area contributed by atoms with E-state index >= 15 is 0 Å². The second-order valence-corrected chi connectivity index (χ2v) is 6.62. The minimum Gasteiger partial charge on any atom is -0.375 e. The Morgan fingerprint density at radius 2 is 1.76 bits per heavy atom. The van der Waals surface area contributed by atoms with Gasteiger partial charge in [0.25, 0.3) is 0 Å². The van der Waals surface area contributed by atoms with E-state index in [1.54, 1.807) is 18.2 Å². The van der Waals surface area contributed by atoms with E-state index in [0.29, 0.717) is 11.4 Å². The van der Waals surface area contributed by atoms with Crippen LogP contribution in [0.3, 0.4) is 0 Å². The lowest BCUT2D eigenvalue weighted by Gasteiger charge is -2.20. The van der Waals surface area contributed by atoms with Crippen molar-refractivity contribution in [1.29, 1.82) is 0 Å². The Hall–Kier alpha value is -2.61. The molecule has 4 N–H and O–H groups in total. The molecule has 8 nitrogen and oxygen atoms in total. The van der Waals surface area contributed by atoms with Gasteiger partial charge < -0.3 is 26.0 Å². The maximum atomic E-state index is 12.0. The quantitative estimate of drug-likeness (QED) is 0.625. The van der Waals surface area contributed by atoms with Crippen molar-refractivity contribution < 1.29 is 19.1 Å².